The number of ketones is 1. The lowest BCUT2D eigenvalue weighted by Crippen LogP contribution is -2.21. The van der Waals surface area contributed by atoms with Gasteiger partial charge in [0.05, 0.1) is 4.90 Å². The van der Waals surface area contributed by atoms with Gasteiger partial charge in [0.1, 0.15) is 11.5 Å². The number of Topliss-reactive ketones (excluding diaryl/α,β-unsaturated/α-hetero) is 1. The summed E-state index contributed by atoms with van der Waals surface area (Å²) in [4.78, 5) is 12.9. The third-order valence-corrected chi connectivity index (χ3v) is 7.46. The minimum atomic E-state index is -4.72. The molecule has 6 nitrogen and oxygen atoms in total. The van der Waals surface area contributed by atoms with Gasteiger partial charge in [-0.2, -0.15) is 0 Å². The van der Waals surface area contributed by atoms with Gasteiger partial charge >= 0.3 is 6.36 Å². The number of carbonyl (C=O) groups excluding carboxylic acids is 1. The minimum absolute atomic E-state index is 0.127. The predicted octanol–water partition coefficient (Wildman–Crippen LogP) is 3.78. The Hall–Kier alpha value is -2.43. The number of hydrogen-bond acceptors (Lipinski definition) is 5. The van der Waals surface area contributed by atoms with Gasteiger partial charge in [0, 0.05) is 12.3 Å². The van der Waals surface area contributed by atoms with Crippen molar-refractivity contribution in [3.63, 3.8) is 0 Å². The topological polar surface area (TPSA) is 84.5 Å². The Morgan fingerprint density at radius 3 is 2.56 bits per heavy atom. The summed E-state index contributed by atoms with van der Waals surface area (Å²) in [6.07, 6.45) is -1.49. The van der Waals surface area contributed by atoms with Crippen LogP contribution in [0.15, 0.2) is 47.4 Å². The molecule has 0 saturated heterocycles. The van der Waals surface area contributed by atoms with Crippen LogP contribution in [0.5, 0.6) is 5.75 Å². The van der Waals surface area contributed by atoms with E-state index in [-0.39, 0.29) is 22.3 Å². The fourth-order valence-corrected chi connectivity index (χ4v) is 5.26. The van der Waals surface area contributed by atoms with Gasteiger partial charge in [0.2, 0.25) is 10.0 Å². The van der Waals surface area contributed by atoms with E-state index in [1.54, 1.807) is 24.3 Å². The Balaban J connectivity index is 1.38. The Morgan fingerprint density at radius 2 is 1.82 bits per heavy atom. The van der Waals surface area contributed by atoms with E-state index in [1.807, 2.05) is 6.07 Å². The van der Waals surface area contributed by atoms with Crippen molar-refractivity contribution < 1.29 is 31.1 Å². The number of alkyl halides is 3. The van der Waals surface area contributed by atoms with E-state index in [0.717, 1.165) is 17.5 Å². The molecule has 3 rings (SSSR count). The van der Waals surface area contributed by atoms with Crippen LogP contribution in [0.1, 0.15) is 36.0 Å². The smallest absolute Gasteiger partial charge is 0.406 e. The van der Waals surface area contributed by atoms with Crippen molar-refractivity contribution in [1.29, 1.82) is 0 Å². The predicted molar refractivity (Wildman–Crippen MR) is 122 cm³/mol. The highest BCUT2D eigenvalue weighted by Gasteiger charge is 2.32. The first-order valence-electron chi connectivity index (χ1n) is 11.2. The molecule has 1 atom stereocenters. The molecular formula is C24H29F3N2O4S. The van der Waals surface area contributed by atoms with Crippen LogP contribution in [-0.2, 0) is 34.1 Å². The first-order chi connectivity index (χ1) is 16.1. The number of benzene rings is 2. The molecular weight excluding hydrogens is 469 g/mol. The number of fused-ring (bicyclic) bond motifs is 1. The SMILES string of the molecule is CNS(=O)(=O)c1cccc2c1CC(C(=O)CCCCNCCc1ccccc1OC(F)(F)F)C2. The normalized spacial score (nSPS) is 15.8. The molecule has 0 aromatic heterocycles. The minimum Gasteiger partial charge on any atom is -0.406 e. The van der Waals surface area contributed by atoms with Crippen LogP contribution in [0.2, 0.25) is 0 Å². The number of para-hydroxylation sites is 1. The Morgan fingerprint density at radius 1 is 1.06 bits per heavy atom. The number of nitrogens with one attached hydrogen (secondary N) is 2. The lowest BCUT2D eigenvalue weighted by molar-refractivity contribution is -0.274. The molecule has 0 fully saturated rings. The Labute approximate surface area is 197 Å². The molecule has 0 spiro atoms. The zero-order valence-electron chi connectivity index (χ0n) is 19.0. The van der Waals surface area contributed by atoms with Gasteiger partial charge in [-0.3, -0.25) is 4.79 Å². The standard InChI is InChI=1S/C24H29F3N2O4S/c1-28-34(31,32)23-11-6-8-18-15-19(16-20(18)23)21(30)9-4-5-13-29-14-12-17-7-2-3-10-22(17)33-24(25,26)27/h2-3,6-8,10-11,19,28-29H,4-5,9,12-16H2,1H3. The molecule has 10 heteroatoms. The van der Waals surface area contributed by atoms with Crippen LogP contribution < -0.4 is 14.8 Å². The van der Waals surface area contributed by atoms with Crippen molar-refractivity contribution in [1.82, 2.24) is 10.0 Å². The van der Waals surface area contributed by atoms with E-state index >= 15 is 0 Å². The van der Waals surface area contributed by atoms with Crippen LogP contribution in [0, 0.1) is 5.92 Å². The quantitative estimate of drug-likeness (QED) is 0.435. The van der Waals surface area contributed by atoms with Crippen LogP contribution in [0.4, 0.5) is 13.2 Å². The average molecular weight is 499 g/mol. The molecule has 34 heavy (non-hydrogen) atoms. The summed E-state index contributed by atoms with van der Waals surface area (Å²) in [6, 6.07) is 11.2. The number of hydrogen-bond donors (Lipinski definition) is 2. The highest BCUT2D eigenvalue weighted by atomic mass is 32.2. The number of ether oxygens (including phenoxy) is 1. The molecule has 2 aromatic rings. The molecule has 2 aromatic carbocycles. The molecule has 2 N–H and O–H groups in total. The summed E-state index contributed by atoms with van der Waals surface area (Å²) < 4.78 is 68.4. The van der Waals surface area contributed by atoms with E-state index in [0.29, 0.717) is 50.8 Å². The Bertz CT molecular complexity index is 1100. The second kappa shape index (κ2) is 11.3. The van der Waals surface area contributed by atoms with Crippen molar-refractivity contribution in [3.8, 4) is 5.75 Å². The highest BCUT2D eigenvalue weighted by molar-refractivity contribution is 7.89. The van der Waals surface area contributed by atoms with Gasteiger partial charge in [0.25, 0.3) is 0 Å². The maximum Gasteiger partial charge on any atom is 0.573 e. The van der Waals surface area contributed by atoms with Gasteiger partial charge < -0.3 is 10.1 Å². The summed E-state index contributed by atoms with van der Waals surface area (Å²) in [5, 5.41) is 3.19. The van der Waals surface area contributed by atoms with Crippen LogP contribution >= 0.6 is 0 Å². The van der Waals surface area contributed by atoms with E-state index in [9.17, 15) is 26.4 Å². The average Bonchev–Trinajstić information content (AvgIpc) is 3.23. The van der Waals surface area contributed by atoms with E-state index in [4.69, 9.17) is 0 Å². The molecule has 0 bridgehead atoms. The zero-order chi connectivity index (χ0) is 24.8. The third kappa shape index (κ3) is 7.04. The van der Waals surface area contributed by atoms with E-state index < -0.39 is 16.4 Å². The monoisotopic (exact) mass is 498 g/mol. The third-order valence-electron chi connectivity index (χ3n) is 5.96. The van der Waals surface area contributed by atoms with Gasteiger partial charge in [0.15, 0.2) is 0 Å². The molecule has 0 aliphatic heterocycles. The number of carbonyl (C=O) groups is 1. The molecule has 0 saturated carbocycles. The van der Waals surface area contributed by atoms with Crippen molar-refractivity contribution in [2.75, 3.05) is 20.1 Å². The molecule has 1 unspecified atom stereocenters. The van der Waals surface area contributed by atoms with Crippen LogP contribution in [-0.4, -0.2) is 40.7 Å². The number of halogens is 3. The molecule has 0 amide bonds. The van der Waals surface area contributed by atoms with Crippen molar-refractivity contribution in [3.05, 3.63) is 59.2 Å². The van der Waals surface area contributed by atoms with Gasteiger partial charge in [-0.05, 0) is 81.1 Å². The number of sulfonamides is 1. The molecule has 1 aliphatic rings. The van der Waals surface area contributed by atoms with Crippen molar-refractivity contribution in [2.24, 2.45) is 5.92 Å². The van der Waals surface area contributed by atoms with E-state index in [2.05, 4.69) is 14.8 Å². The molecule has 0 heterocycles. The second-order valence-electron chi connectivity index (χ2n) is 8.29. The fraction of sp³-hybridized carbons (Fsp3) is 0.458. The summed E-state index contributed by atoms with van der Waals surface area (Å²) >= 11 is 0. The first kappa shape index (κ1) is 26.2. The van der Waals surface area contributed by atoms with Crippen LogP contribution in [0.25, 0.3) is 0 Å². The summed E-state index contributed by atoms with van der Waals surface area (Å²) in [5.74, 6) is -0.269. The molecule has 1 aliphatic carbocycles. The Kier molecular flexibility index (Phi) is 8.72. The van der Waals surface area contributed by atoms with Gasteiger partial charge in [-0.25, -0.2) is 13.1 Å². The second-order valence-corrected chi connectivity index (χ2v) is 10.1. The summed E-state index contributed by atoms with van der Waals surface area (Å²) in [7, 11) is -2.20. The van der Waals surface area contributed by atoms with Crippen LogP contribution in [0.3, 0.4) is 0 Å². The lowest BCUT2D eigenvalue weighted by Gasteiger charge is -2.13. The summed E-state index contributed by atoms with van der Waals surface area (Å²) in [6.45, 7) is 1.14. The largest absolute Gasteiger partial charge is 0.573 e. The van der Waals surface area contributed by atoms with Gasteiger partial charge in [-0.15, -0.1) is 13.2 Å². The van der Waals surface area contributed by atoms with E-state index in [1.165, 1.54) is 19.2 Å². The van der Waals surface area contributed by atoms with Gasteiger partial charge in [-0.1, -0.05) is 30.3 Å². The number of unbranched alkanes of at least 4 members (excludes halogenated alkanes) is 1. The highest BCUT2D eigenvalue weighted by Crippen LogP contribution is 2.33. The summed E-state index contributed by atoms with van der Waals surface area (Å²) in [5.41, 5.74) is 2.11. The molecule has 186 valence electrons. The fourth-order valence-electron chi connectivity index (χ4n) is 4.24. The first-order valence-corrected chi connectivity index (χ1v) is 12.7. The molecule has 0 radical (unpaired) electrons. The van der Waals surface area contributed by atoms with Crippen molar-refractivity contribution >= 4 is 15.8 Å². The number of rotatable bonds is 12. The maximum atomic E-state index is 12.7. The van der Waals surface area contributed by atoms with Crippen molar-refractivity contribution in [2.45, 2.75) is 49.8 Å². The maximum absolute atomic E-state index is 12.7. The zero-order valence-corrected chi connectivity index (χ0v) is 19.8. The lowest BCUT2D eigenvalue weighted by atomic mass is 9.97.